The molecule has 1 N–H and O–H groups in total. The largest absolute Gasteiger partial charge is 0.497 e. The topological polar surface area (TPSA) is 21.3 Å². The second-order valence-electron chi connectivity index (χ2n) is 5.79. The zero-order valence-corrected chi connectivity index (χ0v) is 13.5. The Morgan fingerprint density at radius 1 is 1.18 bits per heavy atom. The summed E-state index contributed by atoms with van der Waals surface area (Å²) >= 11 is 6.11. The van der Waals surface area contributed by atoms with E-state index in [0.717, 1.165) is 23.7 Å². The van der Waals surface area contributed by atoms with E-state index in [0.29, 0.717) is 12.0 Å². The van der Waals surface area contributed by atoms with Gasteiger partial charge in [0.05, 0.1) is 7.11 Å². The van der Waals surface area contributed by atoms with Crippen LogP contribution < -0.4 is 10.1 Å². The van der Waals surface area contributed by atoms with Crippen molar-refractivity contribution < 1.29 is 4.74 Å². The van der Waals surface area contributed by atoms with Gasteiger partial charge in [0, 0.05) is 11.1 Å². The highest BCUT2D eigenvalue weighted by molar-refractivity contribution is 6.30. The molecule has 0 aromatic heterocycles. The fourth-order valence-electron chi connectivity index (χ4n) is 3.06. The molecule has 1 heterocycles. The van der Waals surface area contributed by atoms with E-state index >= 15 is 0 Å². The van der Waals surface area contributed by atoms with Crippen molar-refractivity contribution >= 4 is 11.6 Å². The van der Waals surface area contributed by atoms with Crippen LogP contribution in [0.3, 0.4) is 0 Å². The minimum Gasteiger partial charge on any atom is -0.497 e. The van der Waals surface area contributed by atoms with E-state index in [1.807, 2.05) is 24.3 Å². The molecule has 115 valence electrons. The lowest BCUT2D eigenvalue weighted by Gasteiger charge is -2.30. The zero-order valence-electron chi connectivity index (χ0n) is 12.8. The Morgan fingerprint density at radius 3 is 2.73 bits per heavy atom. The monoisotopic (exact) mass is 314 g/mol. The Labute approximate surface area is 137 Å². The quantitative estimate of drug-likeness (QED) is 0.887. The van der Waals surface area contributed by atoms with Gasteiger partial charge in [0.1, 0.15) is 5.75 Å². The van der Waals surface area contributed by atoms with Crippen molar-refractivity contribution in [1.82, 2.24) is 5.32 Å². The van der Waals surface area contributed by atoms with Crippen LogP contribution in [0.15, 0.2) is 48.5 Å². The SMILES string of the molecule is COc1ccc([CH]C2CCNC(c3cccc(Cl)c3)C2)cc1. The molecule has 2 atom stereocenters. The summed E-state index contributed by atoms with van der Waals surface area (Å²) in [4.78, 5) is 0. The Balaban J connectivity index is 1.65. The maximum atomic E-state index is 6.11. The fourth-order valence-corrected chi connectivity index (χ4v) is 3.26. The lowest BCUT2D eigenvalue weighted by atomic mass is 9.85. The normalized spacial score (nSPS) is 21.5. The van der Waals surface area contributed by atoms with E-state index in [1.54, 1.807) is 7.11 Å². The van der Waals surface area contributed by atoms with E-state index < -0.39 is 0 Å². The third kappa shape index (κ3) is 3.82. The Kier molecular flexibility index (Phi) is 5.01. The minimum atomic E-state index is 0.381. The lowest BCUT2D eigenvalue weighted by Crippen LogP contribution is -2.32. The second kappa shape index (κ2) is 7.17. The van der Waals surface area contributed by atoms with Crippen molar-refractivity contribution in [2.75, 3.05) is 13.7 Å². The molecular weight excluding hydrogens is 294 g/mol. The van der Waals surface area contributed by atoms with Gasteiger partial charge in [-0.3, -0.25) is 0 Å². The molecule has 0 bridgehead atoms. The number of nitrogens with one attached hydrogen (secondary N) is 1. The highest BCUT2D eigenvalue weighted by atomic mass is 35.5. The van der Waals surface area contributed by atoms with E-state index in [4.69, 9.17) is 16.3 Å². The summed E-state index contributed by atoms with van der Waals surface area (Å²) in [6, 6.07) is 16.8. The molecule has 1 saturated heterocycles. The second-order valence-corrected chi connectivity index (χ2v) is 6.22. The summed E-state index contributed by atoms with van der Waals surface area (Å²) in [7, 11) is 1.70. The van der Waals surface area contributed by atoms with Crippen molar-refractivity contribution in [3.8, 4) is 5.75 Å². The molecule has 1 radical (unpaired) electrons. The fraction of sp³-hybridized carbons (Fsp3) is 0.316. The average molecular weight is 315 g/mol. The summed E-state index contributed by atoms with van der Waals surface area (Å²) in [6.07, 6.45) is 4.65. The molecule has 22 heavy (non-hydrogen) atoms. The lowest BCUT2D eigenvalue weighted by molar-refractivity contribution is 0.339. The van der Waals surface area contributed by atoms with E-state index in [1.165, 1.54) is 17.5 Å². The summed E-state index contributed by atoms with van der Waals surface area (Å²) in [5.74, 6) is 1.48. The molecule has 2 aromatic rings. The third-order valence-electron chi connectivity index (χ3n) is 4.24. The molecule has 3 rings (SSSR count). The van der Waals surface area contributed by atoms with Gasteiger partial charge in [-0.05, 0) is 67.1 Å². The van der Waals surface area contributed by atoms with Crippen LogP contribution in [0, 0.1) is 12.3 Å². The molecule has 0 aliphatic carbocycles. The smallest absolute Gasteiger partial charge is 0.118 e. The van der Waals surface area contributed by atoms with E-state index in [9.17, 15) is 0 Å². The summed E-state index contributed by atoms with van der Waals surface area (Å²) in [5.41, 5.74) is 2.54. The van der Waals surface area contributed by atoms with Gasteiger partial charge in [-0.2, -0.15) is 0 Å². The number of rotatable bonds is 4. The van der Waals surface area contributed by atoms with Crippen LogP contribution in [-0.2, 0) is 0 Å². The number of halogens is 1. The van der Waals surface area contributed by atoms with Crippen LogP contribution in [0.5, 0.6) is 5.75 Å². The minimum absolute atomic E-state index is 0.381. The van der Waals surface area contributed by atoms with Crippen LogP contribution in [0.2, 0.25) is 5.02 Å². The van der Waals surface area contributed by atoms with E-state index in [2.05, 4.69) is 36.0 Å². The third-order valence-corrected chi connectivity index (χ3v) is 4.47. The van der Waals surface area contributed by atoms with Gasteiger partial charge in [-0.15, -0.1) is 0 Å². The highest BCUT2D eigenvalue weighted by Gasteiger charge is 2.23. The molecule has 0 spiro atoms. The molecule has 2 nitrogen and oxygen atoms in total. The number of benzene rings is 2. The summed E-state index contributed by atoms with van der Waals surface area (Å²) < 4.78 is 5.21. The molecule has 0 saturated carbocycles. The van der Waals surface area contributed by atoms with Crippen molar-refractivity contribution in [2.45, 2.75) is 18.9 Å². The van der Waals surface area contributed by atoms with Gasteiger partial charge in [-0.1, -0.05) is 35.9 Å². The molecule has 0 amide bonds. The Bertz CT molecular complexity index is 611. The predicted molar refractivity (Wildman–Crippen MR) is 91.3 cm³/mol. The maximum Gasteiger partial charge on any atom is 0.118 e. The number of methoxy groups -OCH3 is 1. The van der Waals surface area contributed by atoms with Crippen molar-refractivity contribution in [3.05, 3.63) is 71.1 Å². The molecule has 1 aliphatic rings. The first kappa shape index (κ1) is 15.4. The van der Waals surface area contributed by atoms with Gasteiger partial charge in [0.2, 0.25) is 0 Å². The van der Waals surface area contributed by atoms with Crippen LogP contribution in [0.4, 0.5) is 0 Å². The molecule has 2 unspecified atom stereocenters. The number of hydrogen-bond acceptors (Lipinski definition) is 2. The zero-order chi connectivity index (χ0) is 15.4. The van der Waals surface area contributed by atoms with Gasteiger partial charge >= 0.3 is 0 Å². The number of hydrogen-bond donors (Lipinski definition) is 1. The molecule has 1 fully saturated rings. The van der Waals surface area contributed by atoms with Crippen LogP contribution >= 0.6 is 11.6 Å². The molecule has 2 aromatic carbocycles. The van der Waals surface area contributed by atoms with Gasteiger partial charge in [-0.25, -0.2) is 0 Å². The van der Waals surface area contributed by atoms with Crippen LogP contribution in [0.1, 0.15) is 30.0 Å². The first-order valence-electron chi connectivity index (χ1n) is 7.72. The van der Waals surface area contributed by atoms with Gasteiger partial charge in [0.25, 0.3) is 0 Å². The number of ether oxygens (including phenoxy) is 1. The van der Waals surface area contributed by atoms with E-state index in [-0.39, 0.29) is 0 Å². The van der Waals surface area contributed by atoms with Crippen molar-refractivity contribution in [3.63, 3.8) is 0 Å². The predicted octanol–water partition coefficient (Wildman–Crippen LogP) is 4.64. The van der Waals surface area contributed by atoms with Crippen molar-refractivity contribution in [1.29, 1.82) is 0 Å². The Morgan fingerprint density at radius 2 is 2.00 bits per heavy atom. The molecule has 1 aliphatic heterocycles. The number of piperidine rings is 1. The van der Waals surface area contributed by atoms with Crippen molar-refractivity contribution in [2.24, 2.45) is 5.92 Å². The first-order valence-corrected chi connectivity index (χ1v) is 8.10. The standard InChI is InChI=1S/C19H21ClNO/c1-22-18-7-5-14(6-8-18)11-15-9-10-21-19(12-15)16-3-2-4-17(20)13-16/h2-8,11,13,15,19,21H,9-10,12H2,1H3. The first-order chi connectivity index (χ1) is 10.7. The maximum absolute atomic E-state index is 6.11. The summed E-state index contributed by atoms with van der Waals surface area (Å²) in [5, 5.41) is 4.40. The molecular formula is C19H21ClNO. The highest BCUT2D eigenvalue weighted by Crippen LogP contribution is 2.31. The van der Waals surface area contributed by atoms with Gasteiger partial charge < -0.3 is 10.1 Å². The van der Waals surface area contributed by atoms with Crippen LogP contribution in [0.25, 0.3) is 0 Å². The summed E-state index contributed by atoms with van der Waals surface area (Å²) in [6.45, 7) is 1.04. The molecule has 3 heteroatoms. The van der Waals surface area contributed by atoms with Gasteiger partial charge in [0.15, 0.2) is 0 Å². The average Bonchev–Trinajstić information content (AvgIpc) is 2.56. The van der Waals surface area contributed by atoms with Crippen LogP contribution in [-0.4, -0.2) is 13.7 Å². The Hall–Kier alpha value is -1.51.